The maximum atomic E-state index is 14.1. The van der Waals surface area contributed by atoms with Gasteiger partial charge in [0.2, 0.25) is 5.91 Å². The number of hydrogen-bond donors (Lipinski definition) is 2. The summed E-state index contributed by atoms with van der Waals surface area (Å²) in [6.07, 6.45) is 0. The van der Waals surface area contributed by atoms with Crippen molar-refractivity contribution in [2.45, 2.75) is 13.5 Å². The van der Waals surface area contributed by atoms with Crippen LogP contribution in [0.1, 0.15) is 16.2 Å². The first-order chi connectivity index (χ1) is 16.8. The molecule has 0 aliphatic rings. The van der Waals surface area contributed by atoms with Gasteiger partial charge in [0.15, 0.2) is 0 Å². The highest BCUT2D eigenvalue weighted by Gasteiger charge is 2.16. The van der Waals surface area contributed by atoms with E-state index < -0.39 is 17.6 Å². The summed E-state index contributed by atoms with van der Waals surface area (Å²) in [7, 11) is 1.41. The van der Waals surface area contributed by atoms with Crippen LogP contribution in [0.5, 0.6) is 5.75 Å². The first-order valence-electron chi connectivity index (χ1n) is 10.5. The minimum absolute atomic E-state index is 0.164. The Morgan fingerprint density at radius 1 is 1.09 bits per heavy atom. The van der Waals surface area contributed by atoms with Crippen LogP contribution in [0.25, 0.3) is 10.9 Å². The highest BCUT2D eigenvalue weighted by atomic mass is 35.5. The van der Waals surface area contributed by atoms with Gasteiger partial charge in [-0.1, -0.05) is 23.7 Å². The highest BCUT2D eigenvalue weighted by Crippen LogP contribution is 2.29. The highest BCUT2D eigenvalue weighted by molar-refractivity contribution is 6.30. The van der Waals surface area contributed by atoms with Gasteiger partial charge in [-0.3, -0.25) is 19.0 Å². The molecule has 0 spiro atoms. The third kappa shape index (κ3) is 5.15. The number of rotatable bonds is 6. The van der Waals surface area contributed by atoms with Crippen LogP contribution >= 0.6 is 11.6 Å². The molecule has 0 saturated heterocycles. The van der Waals surface area contributed by atoms with E-state index >= 15 is 0 Å². The summed E-state index contributed by atoms with van der Waals surface area (Å²) in [5, 5.41) is 5.84. The summed E-state index contributed by atoms with van der Waals surface area (Å²) >= 11 is 5.75. The second kappa shape index (κ2) is 9.94. The fourth-order valence-corrected chi connectivity index (χ4v) is 3.71. The summed E-state index contributed by atoms with van der Waals surface area (Å²) in [5.74, 6) is -1.26. The number of aryl methyl sites for hydroxylation is 1. The Hall–Kier alpha value is -4.24. The number of nitrogens with one attached hydrogen (secondary N) is 2. The van der Waals surface area contributed by atoms with Gasteiger partial charge in [-0.25, -0.2) is 9.37 Å². The van der Waals surface area contributed by atoms with Crippen molar-refractivity contribution in [2.75, 3.05) is 17.7 Å². The molecule has 1 heterocycles. The Kier molecular flexibility index (Phi) is 6.79. The molecule has 8 nitrogen and oxygen atoms in total. The molecule has 0 bridgehead atoms. The standard InChI is InChI=1S/C25H20ClFN4O4/c1-14-28-20-6-4-3-5-18(20)25(34)31(14)13-23(32)29-16-8-10-22(35-2)21(12-16)30-24(33)17-9-7-15(26)11-19(17)27/h3-12H,13H2,1-2H3,(H,29,32)(H,30,33). The average Bonchev–Trinajstić information content (AvgIpc) is 2.82. The lowest BCUT2D eigenvalue weighted by molar-refractivity contribution is -0.116. The number of benzene rings is 3. The average molecular weight is 495 g/mol. The second-order valence-electron chi connectivity index (χ2n) is 7.61. The monoisotopic (exact) mass is 494 g/mol. The molecule has 10 heteroatoms. The van der Waals surface area contributed by atoms with Crippen LogP contribution in [0, 0.1) is 12.7 Å². The molecule has 0 radical (unpaired) electrons. The van der Waals surface area contributed by atoms with Gasteiger partial charge in [-0.15, -0.1) is 0 Å². The number of para-hydroxylation sites is 1. The molecule has 2 amide bonds. The maximum Gasteiger partial charge on any atom is 0.261 e. The second-order valence-corrected chi connectivity index (χ2v) is 8.05. The van der Waals surface area contributed by atoms with Crippen molar-refractivity contribution >= 4 is 45.7 Å². The van der Waals surface area contributed by atoms with Crippen molar-refractivity contribution in [3.8, 4) is 5.75 Å². The zero-order valence-electron chi connectivity index (χ0n) is 18.8. The van der Waals surface area contributed by atoms with E-state index in [4.69, 9.17) is 16.3 Å². The van der Waals surface area contributed by atoms with Gasteiger partial charge in [-0.2, -0.15) is 0 Å². The summed E-state index contributed by atoms with van der Waals surface area (Å²) in [4.78, 5) is 42.5. The maximum absolute atomic E-state index is 14.1. The number of methoxy groups -OCH3 is 1. The van der Waals surface area contributed by atoms with Crippen LogP contribution < -0.4 is 20.9 Å². The van der Waals surface area contributed by atoms with Crippen LogP contribution in [0.4, 0.5) is 15.8 Å². The van der Waals surface area contributed by atoms with Crippen molar-refractivity contribution in [3.05, 3.63) is 93.2 Å². The van der Waals surface area contributed by atoms with Crippen molar-refractivity contribution in [1.29, 1.82) is 0 Å². The molecule has 0 saturated carbocycles. The molecule has 4 aromatic rings. The summed E-state index contributed by atoms with van der Waals surface area (Å²) < 4.78 is 20.7. The molecule has 3 aromatic carbocycles. The molecule has 0 aliphatic carbocycles. The van der Waals surface area contributed by atoms with Crippen molar-refractivity contribution < 1.29 is 18.7 Å². The molecule has 4 rings (SSSR count). The molecular formula is C25H20ClFN4O4. The van der Waals surface area contributed by atoms with Crippen LogP contribution in [0.3, 0.4) is 0 Å². The van der Waals surface area contributed by atoms with Crippen LogP contribution in [0.15, 0.2) is 65.5 Å². The molecule has 0 unspecified atom stereocenters. The van der Waals surface area contributed by atoms with Gasteiger partial charge in [0.05, 0.1) is 29.3 Å². The Labute approximate surface area is 204 Å². The first kappa shape index (κ1) is 23.9. The molecule has 178 valence electrons. The molecule has 0 atom stereocenters. The smallest absolute Gasteiger partial charge is 0.261 e. The zero-order chi connectivity index (χ0) is 25.1. The Balaban J connectivity index is 1.55. The number of halogens is 2. The van der Waals surface area contributed by atoms with Crippen LogP contribution in [0.2, 0.25) is 5.02 Å². The van der Waals surface area contributed by atoms with Gasteiger partial charge in [0, 0.05) is 10.7 Å². The van der Waals surface area contributed by atoms with E-state index in [-0.39, 0.29) is 28.4 Å². The number of hydrogen-bond acceptors (Lipinski definition) is 5. The topological polar surface area (TPSA) is 102 Å². The van der Waals surface area contributed by atoms with Crippen LogP contribution in [-0.4, -0.2) is 28.5 Å². The molecule has 1 aromatic heterocycles. The SMILES string of the molecule is COc1ccc(NC(=O)Cn2c(C)nc3ccccc3c2=O)cc1NC(=O)c1ccc(Cl)cc1F. The third-order valence-electron chi connectivity index (χ3n) is 5.26. The van der Waals surface area contributed by atoms with Crippen LogP contribution in [-0.2, 0) is 11.3 Å². The number of aromatic nitrogens is 2. The number of carbonyl (C=O) groups is 2. The Bertz CT molecular complexity index is 1520. The fourth-order valence-electron chi connectivity index (χ4n) is 3.56. The van der Waals surface area contributed by atoms with Gasteiger partial charge in [0.1, 0.15) is 23.9 Å². The van der Waals surface area contributed by atoms with Gasteiger partial charge in [-0.05, 0) is 55.5 Å². The lowest BCUT2D eigenvalue weighted by atomic mass is 10.2. The fraction of sp³-hybridized carbons (Fsp3) is 0.120. The third-order valence-corrected chi connectivity index (χ3v) is 5.50. The van der Waals surface area contributed by atoms with Crippen molar-refractivity contribution in [1.82, 2.24) is 9.55 Å². The quantitative estimate of drug-likeness (QED) is 0.413. The summed E-state index contributed by atoms with van der Waals surface area (Å²) in [6, 6.07) is 15.2. The van der Waals surface area contributed by atoms with Gasteiger partial charge in [0.25, 0.3) is 11.5 Å². The summed E-state index contributed by atoms with van der Waals surface area (Å²) in [5.41, 5.74) is 0.576. The molecule has 0 aliphatic heterocycles. The molecule has 35 heavy (non-hydrogen) atoms. The largest absolute Gasteiger partial charge is 0.495 e. The molecule has 0 fully saturated rings. The van der Waals surface area contributed by atoms with E-state index in [0.29, 0.717) is 28.2 Å². The number of ether oxygens (including phenoxy) is 1. The van der Waals surface area contributed by atoms with E-state index in [9.17, 15) is 18.8 Å². The summed E-state index contributed by atoms with van der Waals surface area (Å²) in [6.45, 7) is 1.39. The lowest BCUT2D eigenvalue weighted by Gasteiger charge is -2.14. The normalized spacial score (nSPS) is 10.7. The van der Waals surface area contributed by atoms with E-state index in [1.165, 1.54) is 29.9 Å². The zero-order valence-corrected chi connectivity index (χ0v) is 19.5. The minimum Gasteiger partial charge on any atom is -0.495 e. The van der Waals surface area contributed by atoms with E-state index in [0.717, 1.165) is 6.07 Å². The van der Waals surface area contributed by atoms with E-state index in [1.807, 2.05) is 0 Å². The van der Waals surface area contributed by atoms with E-state index in [2.05, 4.69) is 15.6 Å². The van der Waals surface area contributed by atoms with Crippen molar-refractivity contribution in [2.24, 2.45) is 0 Å². The van der Waals surface area contributed by atoms with Gasteiger partial charge >= 0.3 is 0 Å². The number of fused-ring (bicyclic) bond motifs is 1. The van der Waals surface area contributed by atoms with E-state index in [1.54, 1.807) is 43.3 Å². The predicted molar refractivity (Wildman–Crippen MR) is 132 cm³/mol. The Morgan fingerprint density at radius 3 is 2.60 bits per heavy atom. The first-order valence-corrected chi connectivity index (χ1v) is 10.8. The minimum atomic E-state index is -0.775. The van der Waals surface area contributed by atoms with Gasteiger partial charge < -0.3 is 15.4 Å². The number of amides is 2. The number of nitrogens with zero attached hydrogens (tertiary/aromatic N) is 2. The predicted octanol–water partition coefficient (Wildman–Crippen LogP) is 4.40. The lowest BCUT2D eigenvalue weighted by Crippen LogP contribution is -2.30. The Morgan fingerprint density at radius 2 is 1.86 bits per heavy atom. The molecular weight excluding hydrogens is 475 g/mol. The van der Waals surface area contributed by atoms with Crippen molar-refractivity contribution in [3.63, 3.8) is 0 Å². The number of anilines is 2. The molecule has 2 N–H and O–H groups in total. The number of carbonyl (C=O) groups excluding carboxylic acids is 2.